The molecule has 4 aromatic rings. The number of benzene rings is 1. The number of carbonyl (C=O) groups is 1. The van der Waals surface area contributed by atoms with Gasteiger partial charge in [0.05, 0.1) is 31.0 Å². The van der Waals surface area contributed by atoms with Crippen LogP contribution in [0.1, 0.15) is 5.69 Å². The van der Waals surface area contributed by atoms with E-state index in [2.05, 4.69) is 36.5 Å². The molecule has 1 unspecified atom stereocenters. The fourth-order valence-corrected chi connectivity index (χ4v) is 6.04. The maximum atomic E-state index is 15.3. The summed E-state index contributed by atoms with van der Waals surface area (Å²) in [6.07, 6.45) is 7.80. The van der Waals surface area contributed by atoms with Gasteiger partial charge in [-0.1, -0.05) is 11.3 Å². The third kappa shape index (κ3) is 5.14. The van der Waals surface area contributed by atoms with E-state index in [4.69, 9.17) is 4.74 Å². The number of hydrogen-bond acceptors (Lipinski definition) is 10. The van der Waals surface area contributed by atoms with Crippen LogP contribution in [0, 0.1) is 29.0 Å². The van der Waals surface area contributed by atoms with Crippen molar-refractivity contribution in [3.05, 3.63) is 73.1 Å². The van der Waals surface area contributed by atoms with Gasteiger partial charge in [0, 0.05) is 74.3 Å². The lowest BCUT2D eigenvalue weighted by Gasteiger charge is -2.25. The van der Waals surface area contributed by atoms with Gasteiger partial charge in [-0.25, -0.2) is 9.07 Å². The van der Waals surface area contributed by atoms with Gasteiger partial charge in [-0.3, -0.25) is 9.78 Å². The Balaban J connectivity index is 1.09. The van der Waals surface area contributed by atoms with Gasteiger partial charge >= 0.3 is 0 Å². The minimum Gasteiger partial charge on any atom is -0.461 e. The first-order valence-corrected chi connectivity index (χ1v) is 13.4. The summed E-state index contributed by atoms with van der Waals surface area (Å²) in [5, 5.41) is 25.5. The fourth-order valence-electron chi connectivity index (χ4n) is 6.04. The first-order chi connectivity index (χ1) is 20.0. The maximum Gasteiger partial charge on any atom is 0.293 e. The number of carbonyl (C=O) groups excluding carboxylic acids is 1. The van der Waals surface area contributed by atoms with Crippen molar-refractivity contribution in [2.75, 3.05) is 38.1 Å². The summed E-state index contributed by atoms with van der Waals surface area (Å²) < 4.78 is 24.0. The predicted molar refractivity (Wildman–Crippen MR) is 145 cm³/mol. The van der Waals surface area contributed by atoms with Crippen LogP contribution in [0.2, 0.25) is 0 Å². The monoisotopic (exact) mass is 556 g/mol. The number of nitriles is 1. The molecule has 0 radical (unpaired) electrons. The summed E-state index contributed by atoms with van der Waals surface area (Å²) in [5.74, 6) is 0.0971. The lowest BCUT2D eigenvalue weighted by Crippen LogP contribution is -2.34. The van der Waals surface area contributed by atoms with Crippen molar-refractivity contribution in [3.8, 4) is 17.2 Å². The highest BCUT2D eigenvalue weighted by Crippen LogP contribution is 2.62. The number of piperidine rings is 1. The molecule has 1 aliphatic heterocycles. The molecule has 6 rings (SSSR count). The van der Waals surface area contributed by atoms with Crippen molar-refractivity contribution < 1.29 is 13.9 Å². The van der Waals surface area contributed by atoms with Crippen molar-refractivity contribution in [1.82, 2.24) is 39.6 Å². The Morgan fingerprint density at radius 3 is 2.63 bits per heavy atom. The molecule has 13 heteroatoms. The summed E-state index contributed by atoms with van der Waals surface area (Å²) >= 11 is 0. The van der Waals surface area contributed by atoms with Gasteiger partial charge in [-0.2, -0.15) is 5.26 Å². The quantitative estimate of drug-likeness (QED) is 0.238. The van der Waals surface area contributed by atoms with E-state index in [1.165, 1.54) is 6.07 Å². The highest BCUT2D eigenvalue weighted by molar-refractivity contribution is 5.67. The van der Waals surface area contributed by atoms with Crippen LogP contribution in [0.25, 0.3) is 11.1 Å². The molecule has 0 N–H and O–H groups in total. The number of pyridine rings is 1. The SMILES string of the molecule is CN(C[C@H](Cn1ccnn1)OC=O)c1ccc(-c2ccc(C3(C#N)[C@@H]4CN(CCn5cnnc5)C[C@@H]43)nc2)c(F)c1. The number of anilines is 1. The molecule has 0 amide bonds. The van der Waals surface area contributed by atoms with Crippen LogP contribution in [-0.2, 0) is 28.0 Å². The second-order valence-corrected chi connectivity index (χ2v) is 10.6. The average Bonchev–Trinajstić information content (AvgIpc) is 3.57. The number of hydrogen-bond donors (Lipinski definition) is 0. The van der Waals surface area contributed by atoms with Crippen LogP contribution in [0.15, 0.2) is 61.6 Å². The molecule has 4 heterocycles. The van der Waals surface area contributed by atoms with Crippen LogP contribution in [0.3, 0.4) is 0 Å². The van der Waals surface area contributed by atoms with Gasteiger partial charge in [0.1, 0.15) is 30.0 Å². The zero-order chi connectivity index (χ0) is 28.4. The molecule has 0 bridgehead atoms. The van der Waals surface area contributed by atoms with Gasteiger partial charge in [-0.15, -0.1) is 15.3 Å². The Morgan fingerprint density at radius 2 is 2.00 bits per heavy atom. The standard InChI is InChI=1S/C28H29FN10O2/c1-36(12-22(41-19-40)13-39-7-6-32-35-39)21-3-4-23(26(29)10-21)20-2-5-27(31-11-20)28(16-30)24-14-37(15-25(24)28)8-9-38-17-33-34-18-38/h2-7,10-11,17-19,22,24-25H,8-9,12-15H2,1H3/t22-,24-,25+,28?/m1/s1. The summed E-state index contributed by atoms with van der Waals surface area (Å²) in [5.41, 5.74) is 1.87. The van der Waals surface area contributed by atoms with E-state index in [1.807, 2.05) is 27.7 Å². The van der Waals surface area contributed by atoms with Crippen LogP contribution in [0.4, 0.5) is 10.1 Å². The molecule has 2 fully saturated rings. The van der Waals surface area contributed by atoms with Crippen molar-refractivity contribution in [1.29, 1.82) is 5.26 Å². The number of nitrogens with zero attached hydrogens (tertiary/aromatic N) is 10. The Bertz CT molecular complexity index is 1510. The molecular formula is C28H29FN10O2. The molecule has 1 saturated heterocycles. The fraction of sp³-hybridized carbons (Fsp3) is 0.393. The van der Waals surface area contributed by atoms with Crippen LogP contribution < -0.4 is 4.90 Å². The van der Waals surface area contributed by atoms with Crippen molar-refractivity contribution >= 4 is 12.2 Å². The average molecular weight is 557 g/mol. The van der Waals surface area contributed by atoms with Crippen molar-refractivity contribution in [2.45, 2.75) is 24.6 Å². The summed E-state index contributed by atoms with van der Waals surface area (Å²) in [6.45, 7) is 4.47. The van der Waals surface area contributed by atoms with E-state index in [0.717, 1.165) is 31.9 Å². The molecule has 2 aliphatic rings. The first kappa shape index (κ1) is 26.5. The van der Waals surface area contributed by atoms with Crippen LogP contribution >= 0.6 is 0 Å². The smallest absolute Gasteiger partial charge is 0.293 e. The van der Waals surface area contributed by atoms with E-state index in [0.29, 0.717) is 36.4 Å². The number of likely N-dealkylation sites (N-methyl/N-ethyl adjacent to an activating group) is 1. The molecule has 3 aromatic heterocycles. The Kier molecular flexibility index (Phi) is 7.15. The second-order valence-electron chi connectivity index (χ2n) is 10.6. The number of aromatic nitrogens is 7. The molecule has 1 aromatic carbocycles. The summed E-state index contributed by atoms with van der Waals surface area (Å²) in [7, 11) is 1.80. The lowest BCUT2D eigenvalue weighted by atomic mass is 9.95. The minimum absolute atomic E-state index is 0.245. The molecule has 1 aliphatic carbocycles. The number of rotatable bonds is 12. The maximum absolute atomic E-state index is 15.3. The van der Waals surface area contributed by atoms with Gasteiger partial charge in [-0.05, 0) is 24.3 Å². The molecule has 4 atom stereocenters. The summed E-state index contributed by atoms with van der Waals surface area (Å²) in [6, 6.07) is 11.2. The number of likely N-dealkylation sites (tertiary alicyclic amines) is 1. The number of halogens is 1. The third-order valence-corrected chi connectivity index (χ3v) is 8.26. The van der Waals surface area contributed by atoms with Crippen LogP contribution in [-0.4, -0.2) is 85.4 Å². The molecule has 12 nitrogen and oxygen atoms in total. The largest absolute Gasteiger partial charge is 0.461 e. The number of fused-ring (bicyclic) bond motifs is 1. The van der Waals surface area contributed by atoms with E-state index in [1.54, 1.807) is 49.0 Å². The zero-order valence-electron chi connectivity index (χ0n) is 22.5. The Labute approximate surface area is 236 Å². The van der Waals surface area contributed by atoms with Gasteiger partial charge in [0.15, 0.2) is 0 Å². The van der Waals surface area contributed by atoms with E-state index in [9.17, 15) is 10.1 Å². The molecule has 0 spiro atoms. The number of ether oxygens (including phenoxy) is 1. The van der Waals surface area contributed by atoms with Crippen molar-refractivity contribution in [2.24, 2.45) is 11.8 Å². The summed E-state index contributed by atoms with van der Waals surface area (Å²) in [4.78, 5) is 19.8. The molecule has 210 valence electrons. The Hall–Kier alpha value is -4.70. The van der Waals surface area contributed by atoms with E-state index >= 15 is 4.39 Å². The third-order valence-electron chi connectivity index (χ3n) is 8.26. The van der Waals surface area contributed by atoms with Crippen LogP contribution in [0.5, 0.6) is 0 Å². The van der Waals surface area contributed by atoms with Gasteiger partial charge < -0.3 is 19.1 Å². The zero-order valence-corrected chi connectivity index (χ0v) is 22.5. The molecule has 41 heavy (non-hydrogen) atoms. The van der Waals surface area contributed by atoms with E-state index < -0.39 is 17.3 Å². The van der Waals surface area contributed by atoms with Gasteiger partial charge in [0.25, 0.3) is 6.47 Å². The van der Waals surface area contributed by atoms with Gasteiger partial charge in [0.2, 0.25) is 0 Å². The lowest BCUT2D eigenvalue weighted by molar-refractivity contribution is -0.133. The first-order valence-electron chi connectivity index (χ1n) is 13.4. The minimum atomic E-state index is -0.580. The van der Waals surface area contributed by atoms with E-state index in [-0.39, 0.29) is 11.8 Å². The highest BCUT2D eigenvalue weighted by Gasteiger charge is 2.70. The normalized spacial score (nSPS) is 22.1. The second kappa shape index (κ2) is 11.1. The highest BCUT2D eigenvalue weighted by atomic mass is 19.1. The molecular weight excluding hydrogens is 527 g/mol. The Morgan fingerprint density at radius 1 is 1.20 bits per heavy atom. The van der Waals surface area contributed by atoms with Crippen molar-refractivity contribution in [3.63, 3.8) is 0 Å². The predicted octanol–water partition coefficient (Wildman–Crippen LogP) is 1.77. The topological polar surface area (TPSA) is 131 Å². The molecule has 1 saturated carbocycles.